The maximum absolute atomic E-state index is 12.1. The van der Waals surface area contributed by atoms with E-state index in [1.807, 2.05) is 6.92 Å². The molecular weight excluding hydrogens is 336 g/mol. The monoisotopic (exact) mass is 358 g/mol. The van der Waals surface area contributed by atoms with Gasteiger partial charge in [0.2, 0.25) is 0 Å². The first kappa shape index (κ1) is 19.2. The Bertz CT molecular complexity index is 889. The Morgan fingerprint density at radius 1 is 1.23 bits per heavy atom. The van der Waals surface area contributed by atoms with Gasteiger partial charge in [0.05, 0.1) is 12.8 Å². The molecule has 0 saturated carbocycles. The van der Waals surface area contributed by atoms with Gasteiger partial charge in [0.15, 0.2) is 5.78 Å². The van der Waals surface area contributed by atoms with E-state index in [-0.39, 0.29) is 18.0 Å². The van der Waals surface area contributed by atoms with Gasteiger partial charge in [0, 0.05) is 30.0 Å². The number of aryl methyl sites for hydroxylation is 2. The Hall–Kier alpha value is -3.16. The van der Waals surface area contributed by atoms with Gasteiger partial charge in [-0.3, -0.25) is 9.36 Å². The first-order chi connectivity index (χ1) is 12.3. The summed E-state index contributed by atoms with van der Waals surface area (Å²) in [5.74, 6) is 0.331. The summed E-state index contributed by atoms with van der Waals surface area (Å²) >= 11 is 0. The van der Waals surface area contributed by atoms with Crippen LogP contribution < -0.4 is 21.1 Å². The molecule has 8 nitrogen and oxygen atoms in total. The minimum absolute atomic E-state index is 0.113. The van der Waals surface area contributed by atoms with Gasteiger partial charge in [-0.15, -0.1) is 0 Å². The average Bonchev–Trinajstić information content (AvgIpc) is 2.57. The van der Waals surface area contributed by atoms with Crippen molar-refractivity contribution in [2.45, 2.75) is 27.3 Å². The zero-order valence-corrected chi connectivity index (χ0v) is 15.3. The first-order valence-electron chi connectivity index (χ1n) is 8.10. The Balaban J connectivity index is 2.01. The quantitative estimate of drug-likeness (QED) is 0.768. The van der Waals surface area contributed by atoms with Crippen LogP contribution in [0.3, 0.4) is 0 Å². The molecule has 0 atom stereocenters. The van der Waals surface area contributed by atoms with E-state index in [2.05, 4.69) is 15.6 Å². The van der Waals surface area contributed by atoms with Gasteiger partial charge in [-0.25, -0.2) is 9.59 Å². The summed E-state index contributed by atoms with van der Waals surface area (Å²) in [5, 5.41) is 5.32. The van der Waals surface area contributed by atoms with Crippen LogP contribution >= 0.6 is 0 Å². The number of urea groups is 1. The summed E-state index contributed by atoms with van der Waals surface area (Å²) in [7, 11) is 1.48. The number of hydrogen-bond donors (Lipinski definition) is 2. The van der Waals surface area contributed by atoms with Crippen molar-refractivity contribution in [1.29, 1.82) is 0 Å². The number of ether oxygens (including phenoxy) is 1. The van der Waals surface area contributed by atoms with Crippen LogP contribution in [-0.2, 0) is 6.54 Å². The molecule has 2 aromatic rings. The largest absolute Gasteiger partial charge is 0.495 e. The molecule has 1 heterocycles. The van der Waals surface area contributed by atoms with Crippen LogP contribution in [0.2, 0.25) is 0 Å². The zero-order valence-electron chi connectivity index (χ0n) is 15.3. The van der Waals surface area contributed by atoms with Crippen molar-refractivity contribution < 1.29 is 14.3 Å². The molecule has 0 bridgehead atoms. The number of amides is 2. The molecule has 0 spiro atoms. The highest BCUT2D eigenvalue weighted by molar-refractivity contribution is 5.97. The van der Waals surface area contributed by atoms with E-state index in [0.29, 0.717) is 29.2 Å². The second-order valence-corrected chi connectivity index (χ2v) is 5.83. The second kappa shape index (κ2) is 8.28. The number of anilines is 1. The zero-order chi connectivity index (χ0) is 19.3. The summed E-state index contributed by atoms with van der Waals surface area (Å²) in [6.45, 7) is 5.56. The van der Waals surface area contributed by atoms with Crippen molar-refractivity contribution >= 4 is 17.5 Å². The van der Waals surface area contributed by atoms with Crippen molar-refractivity contribution in [3.63, 3.8) is 0 Å². The van der Waals surface area contributed by atoms with Crippen LogP contribution in [0.5, 0.6) is 5.75 Å². The van der Waals surface area contributed by atoms with Crippen LogP contribution in [0.4, 0.5) is 10.5 Å². The molecule has 0 aliphatic rings. The van der Waals surface area contributed by atoms with Crippen molar-refractivity contribution in [3.05, 3.63) is 51.7 Å². The number of rotatable bonds is 6. The minimum atomic E-state index is -0.463. The lowest BCUT2D eigenvalue weighted by molar-refractivity contribution is 0.101. The van der Waals surface area contributed by atoms with Crippen LogP contribution in [0, 0.1) is 13.8 Å². The predicted octanol–water partition coefficient (Wildman–Crippen LogP) is 1.89. The molecule has 1 aromatic carbocycles. The average molecular weight is 358 g/mol. The Morgan fingerprint density at radius 2 is 1.96 bits per heavy atom. The fourth-order valence-electron chi connectivity index (χ4n) is 2.52. The number of nitrogens with one attached hydrogen (secondary N) is 2. The van der Waals surface area contributed by atoms with E-state index in [9.17, 15) is 14.4 Å². The lowest BCUT2D eigenvalue weighted by Gasteiger charge is -2.13. The molecule has 0 unspecified atom stereocenters. The fraction of sp³-hybridized carbons (Fsp3) is 0.333. The van der Waals surface area contributed by atoms with Gasteiger partial charge >= 0.3 is 11.7 Å². The lowest BCUT2D eigenvalue weighted by atomic mass is 10.1. The maximum atomic E-state index is 12.1. The third kappa shape index (κ3) is 4.69. The number of nitrogens with zero attached hydrogens (tertiary/aromatic N) is 2. The molecule has 0 saturated heterocycles. The standard InChI is InChI=1S/C18H22N4O4/c1-11-9-12(2)22(18(25)20-11)8-7-19-17(24)21-15-10-14(13(3)23)5-6-16(15)26-4/h5-6,9-10H,7-8H2,1-4H3,(H2,19,21,24). The molecule has 2 amide bonds. The molecule has 2 N–H and O–H groups in total. The normalized spacial score (nSPS) is 10.3. The molecule has 26 heavy (non-hydrogen) atoms. The number of ketones is 1. The summed E-state index contributed by atoms with van der Waals surface area (Å²) in [4.78, 5) is 39.4. The number of carbonyl (C=O) groups excluding carboxylic acids is 2. The maximum Gasteiger partial charge on any atom is 0.348 e. The van der Waals surface area contributed by atoms with Crippen LogP contribution in [0.1, 0.15) is 28.7 Å². The SMILES string of the molecule is COc1ccc(C(C)=O)cc1NC(=O)NCCn1c(C)cc(C)nc1=O. The second-order valence-electron chi connectivity index (χ2n) is 5.83. The third-order valence-electron chi connectivity index (χ3n) is 3.82. The topological polar surface area (TPSA) is 102 Å². The molecule has 0 fully saturated rings. The van der Waals surface area contributed by atoms with Crippen LogP contribution in [0.15, 0.2) is 29.1 Å². The van der Waals surface area contributed by atoms with Gasteiger partial charge < -0.3 is 15.4 Å². The molecule has 8 heteroatoms. The van der Waals surface area contributed by atoms with Crippen LogP contribution in [0.25, 0.3) is 0 Å². The number of carbonyl (C=O) groups is 2. The van der Waals surface area contributed by atoms with Gasteiger partial charge in [0.25, 0.3) is 0 Å². The van der Waals surface area contributed by atoms with Crippen molar-refractivity contribution in [2.75, 3.05) is 19.0 Å². The Labute approximate surface area is 151 Å². The molecule has 0 aliphatic carbocycles. The highest BCUT2D eigenvalue weighted by Crippen LogP contribution is 2.25. The molecule has 138 valence electrons. The summed E-state index contributed by atoms with van der Waals surface area (Å²) < 4.78 is 6.68. The molecule has 1 aromatic heterocycles. The van der Waals surface area contributed by atoms with E-state index in [1.54, 1.807) is 31.2 Å². The van der Waals surface area contributed by atoms with Crippen molar-refractivity contribution in [3.8, 4) is 5.75 Å². The Morgan fingerprint density at radius 3 is 2.58 bits per heavy atom. The fourth-order valence-corrected chi connectivity index (χ4v) is 2.52. The molecule has 0 radical (unpaired) electrons. The predicted molar refractivity (Wildman–Crippen MR) is 98.0 cm³/mol. The molecule has 2 rings (SSSR count). The Kier molecular flexibility index (Phi) is 6.11. The first-order valence-corrected chi connectivity index (χ1v) is 8.10. The van der Waals surface area contributed by atoms with E-state index in [0.717, 1.165) is 5.69 Å². The smallest absolute Gasteiger partial charge is 0.348 e. The number of benzene rings is 1. The minimum Gasteiger partial charge on any atom is -0.495 e. The number of Topliss-reactive ketones (excluding diaryl/α,β-unsaturated/α-hetero) is 1. The summed E-state index contributed by atoms with van der Waals surface area (Å²) in [6, 6.07) is 6.14. The van der Waals surface area contributed by atoms with Gasteiger partial charge in [-0.05, 0) is 45.0 Å². The van der Waals surface area contributed by atoms with E-state index in [1.165, 1.54) is 18.6 Å². The number of aromatic nitrogens is 2. The summed E-state index contributed by atoms with van der Waals surface area (Å²) in [5.41, 5.74) is 1.95. The van der Waals surface area contributed by atoms with Gasteiger partial charge in [0.1, 0.15) is 5.75 Å². The van der Waals surface area contributed by atoms with Crippen molar-refractivity contribution in [1.82, 2.24) is 14.9 Å². The number of methoxy groups -OCH3 is 1. The van der Waals surface area contributed by atoms with E-state index >= 15 is 0 Å². The van der Waals surface area contributed by atoms with Gasteiger partial charge in [-0.1, -0.05) is 0 Å². The van der Waals surface area contributed by atoms with Crippen molar-refractivity contribution in [2.24, 2.45) is 0 Å². The highest BCUT2D eigenvalue weighted by Gasteiger charge is 2.10. The molecule has 0 aliphatic heterocycles. The highest BCUT2D eigenvalue weighted by atomic mass is 16.5. The van der Waals surface area contributed by atoms with Gasteiger partial charge in [-0.2, -0.15) is 4.98 Å². The lowest BCUT2D eigenvalue weighted by Crippen LogP contribution is -2.35. The van der Waals surface area contributed by atoms with E-state index in [4.69, 9.17) is 4.74 Å². The number of hydrogen-bond acceptors (Lipinski definition) is 5. The summed E-state index contributed by atoms with van der Waals surface area (Å²) in [6.07, 6.45) is 0. The van der Waals surface area contributed by atoms with Crippen LogP contribution in [-0.4, -0.2) is 35.0 Å². The molecular formula is C18H22N4O4. The van der Waals surface area contributed by atoms with E-state index < -0.39 is 6.03 Å². The third-order valence-corrected chi connectivity index (χ3v) is 3.82.